The van der Waals surface area contributed by atoms with Crippen molar-refractivity contribution in [3.63, 3.8) is 0 Å². The van der Waals surface area contributed by atoms with Gasteiger partial charge in [0.05, 0.1) is 12.6 Å². The van der Waals surface area contributed by atoms with Gasteiger partial charge in [-0.3, -0.25) is 43.3 Å². The normalized spacial score (nSPS) is 14.5. The van der Waals surface area contributed by atoms with Gasteiger partial charge in [0.15, 0.2) is 5.96 Å². The van der Waals surface area contributed by atoms with Crippen LogP contribution in [0.25, 0.3) is 0 Å². The molecular weight excluding hydrogens is 871 g/mol. The van der Waals surface area contributed by atoms with Crippen LogP contribution < -0.4 is 66.3 Å². The number of nitrogens with two attached hydrogens (primary N) is 6. The van der Waals surface area contributed by atoms with Crippen LogP contribution in [-0.4, -0.2) is 125 Å². The zero-order valence-corrected chi connectivity index (χ0v) is 38.1. The number of hydrogen-bond donors (Lipinski definition) is 14. The fourth-order valence-electron chi connectivity index (χ4n) is 6.62. The van der Waals surface area contributed by atoms with Crippen molar-refractivity contribution in [3.05, 3.63) is 65.7 Å². The van der Waals surface area contributed by atoms with E-state index in [9.17, 15) is 48.6 Å². The Morgan fingerprint density at radius 3 is 1.70 bits per heavy atom. The molecular formula is C44H69N13O10. The van der Waals surface area contributed by atoms with E-state index in [0.29, 0.717) is 36.9 Å². The summed E-state index contributed by atoms with van der Waals surface area (Å²) in [5.74, 6) is -7.64. The molecule has 0 aliphatic rings. The Kier molecular flexibility index (Phi) is 24.9. The van der Waals surface area contributed by atoms with Crippen molar-refractivity contribution in [2.24, 2.45) is 45.3 Å². The Labute approximate surface area is 389 Å². The van der Waals surface area contributed by atoms with Crippen molar-refractivity contribution < 1.29 is 48.6 Å². The number of carbonyl (C=O) groups is 8. The zero-order valence-electron chi connectivity index (χ0n) is 38.1. The van der Waals surface area contributed by atoms with Crippen LogP contribution in [0.2, 0.25) is 0 Å². The summed E-state index contributed by atoms with van der Waals surface area (Å²) in [6.45, 7) is 3.03. The molecule has 370 valence electrons. The lowest BCUT2D eigenvalue weighted by molar-refractivity contribution is -0.136. The number of aliphatic hydroxyl groups excluding tert-OH is 1. The molecule has 0 fully saturated rings. The second-order valence-electron chi connectivity index (χ2n) is 16.2. The third-order valence-corrected chi connectivity index (χ3v) is 10.8. The number of benzene rings is 2. The first-order valence-electron chi connectivity index (χ1n) is 22.1. The van der Waals surface area contributed by atoms with Crippen LogP contribution >= 0.6 is 0 Å². The van der Waals surface area contributed by atoms with Crippen molar-refractivity contribution in [3.8, 4) is 5.75 Å². The number of hydrogen-bond acceptors (Lipinski definition) is 13. The molecule has 0 unspecified atom stereocenters. The number of phenols is 1. The van der Waals surface area contributed by atoms with Gasteiger partial charge in [0.25, 0.3) is 0 Å². The number of amides is 8. The number of nitrogens with zero attached hydrogens (tertiary/aromatic N) is 1. The minimum absolute atomic E-state index is 0.00724. The molecule has 0 saturated carbocycles. The van der Waals surface area contributed by atoms with Crippen LogP contribution in [-0.2, 0) is 51.2 Å². The van der Waals surface area contributed by atoms with Crippen molar-refractivity contribution in [1.29, 1.82) is 0 Å². The maximum Gasteiger partial charge on any atom is 0.245 e. The van der Waals surface area contributed by atoms with E-state index in [1.807, 2.05) is 0 Å². The second-order valence-corrected chi connectivity index (χ2v) is 16.2. The average Bonchev–Trinajstić information content (AvgIpc) is 3.29. The highest BCUT2D eigenvalue weighted by molar-refractivity contribution is 5.97. The van der Waals surface area contributed by atoms with Crippen molar-refractivity contribution in [1.82, 2.24) is 31.9 Å². The molecule has 20 N–H and O–H groups in total. The summed E-state index contributed by atoms with van der Waals surface area (Å²) in [7, 11) is 0. The van der Waals surface area contributed by atoms with E-state index in [-0.39, 0.29) is 56.8 Å². The molecule has 23 heteroatoms. The van der Waals surface area contributed by atoms with E-state index < -0.39 is 108 Å². The number of carbonyl (C=O) groups excluding carboxylic acids is 8. The molecule has 0 aliphatic carbocycles. The van der Waals surface area contributed by atoms with Gasteiger partial charge in [-0.1, -0.05) is 69.2 Å². The Morgan fingerprint density at radius 1 is 0.612 bits per heavy atom. The standard InChI is InChI=1S/C44H69N13O10/c1-3-25(2)36(43(67)53-30(13-9-21-51-44(49)50)39(63)54-32(37(48)61)22-26-10-5-4-6-11-26)57-41(65)33(23-27-14-16-28(59)17-15-27)55-40(64)31(18-19-35(47)60)52-42(66)34(24-58)56-38(62)29(46)12-7-8-20-45/h4-6,10-11,14-17,25,29-34,36,58-59H,3,7-9,12-13,18-24,45-46H2,1-2H3,(H2,47,60)(H2,48,61)(H,52,66)(H,53,67)(H,54,63)(H,55,64)(H,56,62)(H,57,65)(H4,49,50,51)/t25-,29-,30-,31-,32-,33-,34-,36-/m0/s1. The van der Waals surface area contributed by atoms with Gasteiger partial charge in [-0.2, -0.15) is 0 Å². The lowest BCUT2D eigenvalue weighted by Crippen LogP contribution is -2.61. The highest BCUT2D eigenvalue weighted by Crippen LogP contribution is 2.15. The van der Waals surface area contributed by atoms with Gasteiger partial charge in [0.1, 0.15) is 42.0 Å². The van der Waals surface area contributed by atoms with Crippen LogP contribution in [0.15, 0.2) is 59.6 Å². The topological polar surface area (TPSA) is 418 Å². The van der Waals surface area contributed by atoms with Crippen LogP contribution in [0, 0.1) is 5.92 Å². The molecule has 67 heavy (non-hydrogen) atoms. The van der Waals surface area contributed by atoms with Crippen LogP contribution in [0.1, 0.15) is 76.3 Å². The van der Waals surface area contributed by atoms with Crippen LogP contribution in [0.5, 0.6) is 5.75 Å². The Hall–Kier alpha value is -6.85. The molecule has 23 nitrogen and oxygen atoms in total. The molecule has 0 spiro atoms. The first kappa shape index (κ1) is 56.3. The number of aromatic hydroxyl groups is 1. The smallest absolute Gasteiger partial charge is 0.245 e. The van der Waals surface area contributed by atoms with Gasteiger partial charge < -0.3 is 76.5 Å². The predicted molar refractivity (Wildman–Crippen MR) is 248 cm³/mol. The van der Waals surface area contributed by atoms with E-state index in [2.05, 4.69) is 36.9 Å². The molecule has 8 atom stereocenters. The van der Waals surface area contributed by atoms with Gasteiger partial charge in [-0.25, -0.2) is 0 Å². The number of aliphatic imine (C=N–C) groups is 1. The van der Waals surface area contributed by atoms with E-state index in [4.69, 9.17) is 34.4 Å². The van der Waals surface area contributed by atoms with E-state index in [0.717, 1.165) is 0 Å². The molecule has 0 radical (unpaired) electrons. The van der Waals surface area contributed by atoms with Crippen molar-refractivity contribution >= 4 is 53.2 Å². The number of aliphatic hydroxyl groups is 1. The summed E-state index contributed by atoms with van der Waals surface area (Å²) in [6.07, 6.45) is 1.02. The van der Waals surface area contributed by atoms with Gasteiger partial charge in [0.2, 0.25) is 47.3 Å². The molecule has 2 aromatic rings. The summed E-state index contributed by atoms with van der Waals surface area (Å²) >= 11 is 0. The fraction of sp³-hybridized carbons (Fsp3) is 0.523. The SMILES string of the molecule is CC[C@H](C)[C@H](NC(=O)[C@H](Cc1ccc(O)cc1)NC(=O)[C@H](CCC(N)=O)NC(=O)[C@H](CO)NC(=O)[C@@H](N)CCCCN)C(=O)N[C@@H](CCCN=C(N)N)C(=O)N[C@@H](Cc1ccccc1)C(N)=O. The lowest BCUT2D eigenvalue weighted by Gasteiger charge is -2.29. The van der Waals surface area contributed by atoms with E-state index in [1.165, 1.54) is 24.3 Å². The number of phenolic OH excluding ortho intramolecular Hbond substituents is 1. The maximum absolute atomic E-state index is 14.3. The van der Waals surface area contributed by atoms with Gasteiger partial charge in [0, 0.05) is 25.8 Å². The molecule has 2 aromatic carbocycles. The highest BCUT2D eigenvalue weighted by atomic mass is 16.3. The summed E-state index contributed by atoms with van der Waals surface area (Å²) in [6, 6.07) is 5.14. The number of rotatable bonds is 31. The molecule has 0 aromatic heterocycles. The lowest BCUT2D eigenvalue weighted by atomic mass is 9.96. The maximum atomic E-state index is 14.3. The fourth-order valence-corrected chi connectivity index (χ4v) is 6.62. The predicted octanol–water partition coefficient (Wildman–Crippen LogP) is -3.61. The summed E-state index contributed by atoms with van der Waals surface area (Å²) in [5.41, 5.74) is 34.6. The number of nitrogens with one attached hydrogen (secondary N) is 6. The molecule has 0 aliphatic heterocycles. The van der Waals surface area contributed by atoms with Crippen LogP contribution in [0.4, 0.5) is 0 Å². The molecule has 2 rings (SSSR count). The number of guanidine groups is 1. The van der Waals surface area contributed by atoms with Gasteiger partial charge in [-0.05, 0) is 67.8 Å². The van der Waals surface area contributed by atoms with E-state index >= 15 is 0 Å². The van der Waals surface area contributed by atoms with Crippen molar-refractivity contribution in [2.75, 3.05) is 19.7 Å². The highest BCUT2D eigenvalue weighted by Gasteiger charge is 2.35. The summed E-state index contributed by atoms with van der Waals surface area (Å²) in [4.78, 5) is 111. The second kappa shape index (κ2) is 29.6. The molecule has 0 bridgehead atoms. The zero-order chi connectivity index (χ0) is 50.1. The van der Waals surface area contributed by atoms with Gasteiger partial charge >= 0.3 is 0 Å². The average molecular weight is 940 g/mol. The van der Waals surface area contributed by atoms with Gasteiger partial charge in [-0.15, -0.1) is 0 Å². The Morgan fingerprint density at radius 2 is 1.13 bits per heavy atom. The number of primary amides is 2. The third-order valence-electron chi connectivity index (χ3n) is 10.8. The largest absolute Gasteiger partial charge is 0.508 e. The van der Waals surface area contributed by atoms with E-state index in [1.54, 1.807) is 44.2 Å². The van der Waals surface area contributed by atoms with Crippen molar-refractivity contribution in [2.45, 2.75) is 120 Å². The molecule has 0 heterocycles. The Bertz CT molecular complexity index is 1970. The minimum atomic E-state index is -1.56. The molecule has 8 amide bonds. The minimum Gasteiger partial charge on any atom is -0.508 e. The monoisotopic (exact) mass is 940 g/mol. The number of unbranched alkanes of at least 4 members (excludes halogenated alkanes) is 1. The third kappa shape index (κ3) is 20.9. The van der Waals surface area contributed by atoms with Crippen LogP contribution in [0.3, 0.4) is 0 Å². The summed E-state index contributed by atoms with van der Waals surface area (Å²) < 4.78 is 0. The quantitative estimate of drug-likeness (QED) is 0.0197. The first-order valence-corrected chi connectivity index (χ1v) is 22.1. The first-order chi connectivity index (χ1) is 31.8. The Balaban J connectivity index is 2.44. The molecule has 0 saturated heterocycles. The summed E-state index contributed by atoms with van der Waals surface area (Å²) in [5, 5.41) is 35.3.